The molecule has 2 aromatic rings. The summed E-state index contributed by atoms with van der Waals surface area (Å²) in [4.78, 5) is 0. The Morgan fingerprint density at radius 2 is 2.06 bits per heavy atom. The van der Waals surface area contributed by atoms with Crippen LogP contribution < -0.4 is 10.5 Å². The van der Waals surface area contributed by atoms with Crippen LogP contribution in [0.2, 0.25) is 0 Å². The van der Waals surface area contributed by atoms with E-state index in [9.17, 15) is 8.42 Å². The molecule has 0 saturated heterocycles. The fourth-order valence-electron chi connectivity index (χ4n) is 1.79. The lowest BCUT2D eigenvalue weighted by molar-refractivity contribution is 0.587. The first-order chi connectivity index (χ1) is 8.56. The van der Waals surface area contributed by atoms with Crippen molar-refractivity contribution >= 4 is 21.0 Å². The molecule has 2 rings (SSSR count). The number of nitrogens with two attached hydrogens (primary N) is 1. The van der Waals surface area contributed by atoms with Gasteiger partial charge in [0.05, 0.1) is 12.0 Å². The van der Waals surface area contributed by atoms with Crippen LogP contribution >= 0.6 is 0 Å². The van der Waals surface area contributed by atoms with Crippen LogP contribution in [0.1, 0.15) is 12.0 Å². The number of rotatable bonds is 6. The molecule has 0 saturated carbocycles. The number of hydrogen-bond donors (Lipinski definition) is 2. The second-order valence-electron chi connectivity index (χ2n) is 4.15. The van der Waals surface area contributed by atoms with Crippen LogP contribution in [0, 0.1) is 0 Å². The number of sulfonamides is 1. The number of primary sulfonamides is 1. The fourth-order valence-corrected chi connectivity index (χ4v) is 2.34. The Kier molecular flexibility index (Phi) is 4.00. The summed E-state index contributed by atoms with van der Waals surface area (Å²) in [5, 5.41) is 9.17. The third-order valence-corrected chi connectivity index (χ3v) is 3.52. The Morgan fingerprint density at radius 3 is 2.83 bits per heavy atom. The molecule has 0 aliphatic rings. The van der Waals surface area contributed by atoms with E-state index in [1.165, 1.54) is 0 Å². The molecular formula is C12H16N2O3S. The summed E-state index contributed by atoms with van der Waals surface area (Å²) < 4.78 is 26.9. The molecule has 0 bridgehead atoms. The van der Waals surface area contributed by atoms with Crippen molar-refractivity contribution in [3.05, 3.63) is 36.1 Å². The van der Waals surface area contributed by atoms with E-state index < -0.39 is 10.0 Å². The van der Waals surface area contributed by atoms with Gasteiger partial charge in [0.1, 0.15) is 5.58 Å². The van der Waals surface area contributed by atoms with Crippen LogP contribution in [-0.2, 0) is 16.6 Å². The minimum absolute atomic E-state index is 0.00609. The number of benzene rings is 1. The summed E-state index contributed by atoms with van der Waals surface area (Å²) in [6, 6.07) is 7.80. The highest BCUT2D eigenvalue weighted by atomic mass is 32.2. The number of hydrogen-bond acceptors (Lipinski definition) is 4. The predicted octanol–water partition coefficient (Wildman–Crippen LogP) is 1.20. The third kappa shape index (κ3) is 3.56. The van der Waals surface area contributed by atoms with Gasteiger partial charge in [0.15, 0.2) is 0 Å². The number of fused-ring (bicyclic) bond motifs is 1. The summed E-state index contributed by atoms with van der Waals surface area (Å²) in [7, 11) is -3.35. The summed E-state index contributed by atoms with van der Waals surface area (Å²) in [6.07, 6.45) is 2.23. The molecule has 18 heavy (non-hydrogen) atoms. The minimum Gasteiger partial charge on any atom is -0.464 e. The van der Waals surface area contributed by atoms with E-state index >= 15 is 0 Å². The molecule has 1 aromatic heterocycles. The summed E-state index contributed by atoms with van der Waals surface area (Å²) in [5.41, 5.74) is 1.93. The minimum atomic E-state index is -3.35. The van der Waals surface area contributed by atoms with Crippen molar-refractivity contribution in [2.75, 3.05) is 12.3 Å². The zero-order valence-corrected chi connectivity index (χ0v) is 10.7. The van der Waals surface area contributed by atoms with E-state index in [-0.39, 0.29) is 5.75 Å². The van der Waals surface area contributed by atoms with Gasteiger partial charge in [-0.15, -0.1) is 0 Å². The van der Waals surface area contributed by atoms with Crippen molar-refractivity contribution in [1.29, 1.82) is 0 Å². The quantitative estimate of drug-likeness (QED) is 0.771. The number of furan rings is 1. The SMILES string of the molecule is NS(=O)(=O)CCCNCc1coc2ccccc12. The molecule has 0 unspecified atom stereocenters. The van der Waals surface area contributed by atoms with Crippen molar-refractivity contribution in [3.8, 4) is 0 Å². The molecule has 0 amide bonds. The molecule has 0 aliphatic carbocycles. The van der Waals surface area contributed by atoms with Gasteiger partial charge in [-0.05, 0) is 19.0 Å². The average Bonchev–Trinajstić information content (AvgIpc) is 2.71. The van der Waals surface area contributed by atoms with Gasteiger partial charge < -0.3 is 9.73 Å². The highest BCUT2D eigenvalue weighted by Crippen LogP contribution is 2.20. The van der Waals surface area contributed by atoms with Crippen LogP contribution in [0.25, 0.3) is 11.0 Å². The van der Waals surface area contributed by atoms with Crippen LogP contribution in [-0.4, -0.2) is 20.7 Å². The monoisotopic (exact) mass is 268 g/mol. The van der Waals surface area contributed by atoms with Crippen LogP contribution in [0.15, 0.2) is 34.9 Å². The molecule has 1 heterocycles. The second-order valence-corrected chi connectivity index (χ2v) is 5.89. The normalized spacial score (nSPS) is 12.1. The molecule has 0 fully saturated rings. The molecule has 6 heteroatoms. The first-order valence-corrected chi connectivity index (χ1v) is 7.44. The Labute approximate surface area is 106 Å². The second kappa shape index (κ2) is 5.51. The van der Waals surface area contributed by atoms with Crippen LogP contribution in [0.4, 0.5) is 0 Å². The highest BCUT2D eigenvalue weighted by Gasteiger charge is 2.05. The molecule has 5 nitrogen and oxygen atoms in total. The first-order valence-electron chi connectivity index (χ1n) is 5.72. The van der Waals surface area contributed by atoms with Gasteiger partial charge in [-0.3, -0.25) is 0 Å². The Bertz CT molecular complexity index is 619. The Morgan fingerprint density at radius 1 is 1.28 bits per heavy atom. The van der Waals surface area contributed by atoms with Gasteiger partial charge in [-0.1, -0.05) is 18.2 Å². The highest BCUT2D eigenvalue weighted by molar-refractivity contribution is 7.89. The van der Waals surface area contributed by atoms with Gasteiger partial charge in [0, 0.05) is 17.5 Å². The number of nitrogens with one attached hydrogen (secondary N) is 1. The lowest BCUT2D eigenvalue weighted by atomic mass is 10.2. The van der Waals surface area contributed by atoms with Crippen molar-refractivity contribution in [1.82, 2.24) is 5.32 Å². The molecule has 98 valence electrons. The van der Waals surface area contributed by atoms with E-state index in [1.807, 2.05) is 24.3 Å². The zero-order chi connectivity index (χ0) is 13.0. The molecule has 0 radical (unpaired) electrons. The van der Waals surface area contributed by atoms with E-state index in [0.29, 0.717) is 19.5 Å². The average molecular weight is 268 g/mol. The zero-order valence-electron chi connectivity index (χ0n) is 9.93. The maximum Gasteiger partial charge on any atom is 0.209 e. The van der Waals surface area contributed by atoms with Crippen molar-refractivity contribution < 1.29 is 12.8 Å². The lowest BCUT2D eigenvalue weighted by Gasteiger charge is -2.02. The molecular weight excluding hydrogens is 252 g/mol. The summed E-state index contributed by atoms with van der Waals surface area (Å²) >= 11 is 0. The van der Waals surface area contributed by atoms with Gasteiger partial charge in [0.25, 0.3) is 0 Å². The first kappa shape index (κ1) is 13.1. The van der Waals surface area contributed by atoms with E-state index in [2.05, 4.69) is 5.32 Å². The third-order valence-electron chi connectivity index (χ3n) is 2.66. The lowest BCUT2D eigenvalue weighted by Crippen LogP contribution is -2.21. The maximum absolute atomic E-state index is 10.7. The molecule has 1 aromatic carbocycles. The van der Waals surface area contributed by atoms with Crippen molar-refractivity contribution in [2.45, 2.75) is 13.0 Å². The topological polar surface area (TPSA) is 85.3 Å². The Balaban J connectivity index is 1.84. The van der Waals surface area contributed by atoms with E-state index in [0.717, 1.165) is 16.5 Å². The van der Waals surface area contributed by atoms with Crippen molar-refractivity contribution in [2.24, 2.45) is 5.14 Å². The van der Waals surface area contributed by atoms with Crippen molar-refractivity contribution in [3.63, 3.8) is 0 Å². The maximum atomic E-state index is 10.7. The van der Waals surface area contributed by atoms with Gasteiger partial charge in [0.2, 0.25) is 10.0 Å². The van der Waals surface area contributed by atoms with E-state index in [1.54, 1.807) is 6.26 Å². The summed E-state index contributed by atoms with van der Waals surface area (Å²) in [6.45, 7) is 1.26. The largest absolute Gasteiger partial charge is 0.464 e. The van der Waals surface area contributed by atoms with Gasteiger partial charge >= 0.3 is 0 Å². The fraction of sp³-hybridized carbons (Fsp3) is 0.333. The molecule has 3 N–H and O–H groups in total. The standard InChI is InChI=1S/C12H16N2O3S/c13-18(15,16)7-3-6-14-8-10-9-17-12-5-2-1-4-11(10)12/h1-2,4-5,9,14H,3,6-8H2,(H2,13,15,16). The summed E-state index contributed by atoms with van der Waals surface area (Å²) in [5.74, 6) is 0.00609. The molecule has 0 spiro atoms. The van der Waals surface area contributed by atoms with Crippen LogP contribution in [0.5, 0.6) is 0 Å². The number of para-hydroxylation sites is 1. The van der Waals surface area contributed by atoms with Gasteiger partial charge in [-0.25, -0.2) is 13.6 Å². The Hall–Kier alpha value is -1.37. The van der Waals surface area contributed by atoms with E-state index in [4.69, 9.17) is 9.56 Å². The van der Waals surface area contributed by atoms with Gasteiger partial charge in [-0.2, -0.15) is 0 Å². The smallest absolute Gasteiger partial charge is 0.209 e. The molecule has 0 aliphatic heterocycles. The predicted molar refractivity (Wildman–Crippen MR) is 70.5 cm³/mol. The van der Waals surface area contributed by atoms with Crippen LogP contribution in [0.3, 0.4) is 0 Å². The molecule has 0 atom stereocenters.